The Hall–Kier alpha value is 1.90. The number of ether oxygens (including phenoxy) is 2. The van der Waals surface area contributed by atoms with E-state index in [4.69, 9.17) is 9.47 Å². The van der Waals surface area contributed by atoms with Gasteiger partial charge in [-0.15, -0.1) is 0 Å². The normalized spacial score (nSPS) is 10.9. The molecule has 2 aromatic carbocycles. The minimum atomic E-state index is -4.25. The second kappa shape index (κ2) is 16.5. The molecule has 0 aliphatic heterocycles. The predicted octanol–water partition coefficient (Wildman–Crippen LogP) is -2.99. The molecule has 0 spiro atoms. The van der Waals surface area contributed by atoms with E-state index in [-0.39, 0.29) is 72.1 Å². The smallest absolute Gasteiger partial charge is 0.748 e. The molecule has 0 saturated heterocycles. The maximum Gasteiger partial charge on any atom is 1.00 e. The van der Waals surface area contributed by atoms with Crippen LogP contribution < -0.4 is 73.8 Å². The van der Waals surface area contributed by atoms with Crippen LogP contribution in [-0.2, 0) is 19.5 Å². The third-order valence-electron chi connectivity index (χ3n) is 3.49. The molecule has 0 saturated carbocycles. The van der Waals surface area contributed by atoms with Crippen LogP contribution in [-0.4, -0.2) is 37.7 Å². The van der Waals surface area contributed by atoms with Crippen molar-refractivity contribution in [3.63, 3.8) is 0 Å². The summed E-state index contributed by atoms with van der Waals surface area (Å²) >= 11 is 5.24. The first kappa shape index (κ1) is 31.9. The molecular formula is C16H16I2Na2O8S2. The first-order chi connectivity index (χ1) is 13.3. The molecule has 0 amide bonds. The van der Waals surface area contributed by atoms with Gasteiger partial charge in [-0.2, -0.15) is 4.33 Å². The van der Waals surface area contributed by atoms with Gasteiger partial charge in [-0.25, -0.2) is 8.42 Å². The minimum absolute atomic E-state index is 0. The van der Waals surface area contributed by atoms with Crippen LogP contribution in [0.1, 0.15) is 12.8 Å². The van der Waals surface area contributed by atoms with Crippen LogP contribution in [0.25, 0.3) is 10.8 Å². The van der Waals surface area contributed by atoms with E-state index in [1.54, 1.807) is 0 Å². The quantitative estimate of drug-likeness (QED) is 0.0435. The van der Waals surface area contributed by atoms with E-state index in [9.17, 15) is 18.2 Å². The maximum atomic E-state index is 10.7. The van der Waals surface area contributed by atoms with Gasteiger partial charge in [-0.1, -0.05) is 0 Å². The summed E-state index contributed by atoms with van der Waals surface area (Å²) in [6, 6.07) is 7.65. The van der Waals surface area contributed by atoms with Crippen molar-refractivity contribution in [2.24, 2.45) is 0 Å². The first-order valence-corrected chi connectivity index (χ1v) is 12.7. The van der Waals surface area contributed by atoms with Crippen molar-refractivity contribution < 1.29 is 96.2 Å². The summed E-state index contributed by atoms with van der Waals surface area (Å²) in [5, 5.41) is 14.7. The third kappa shape index (κ3) is 10.9. The number of rotatable bonds is 12. The molecule has 0 atom stereocenters. The van der Waals surface area contributed by atoms with Crippen molar-refractivity contribution in [3.05, 3.63) is 31.4 Å². The van der Waals surface area contributed by atoms with Crippen molar-refractivity contribution in [1.82, 2.24) is 0 Å². The summed E-state index contributed by atoms with van der Waals surface area (Å²) in [6.45, 7) is 0.547. The summed E-state index contributed by atoms with van der Waals surface area (Å²) in [4.78, 5) is 0. The first-order valence-electron chi connectivity index (χ1n) is 8.01. The van der Waals surface area contributed by atoms with Gasteiger partial charge in [0.05, 0.1) is 30.5 Å². The largest absolute Gasteiger partial charge is 1.00 e. The third-order valence-corrected chi connectivity index (χ3v) is 6.58. The molecule has 0 aliphatic carbocycles. The van der Waals surface area contributed by atoms with Crippen LogP contribution in [0, 0.1) is 7.14 Å². The molecule has 156 valence electrons. The molecule has 0 fully saturated rings. The topological polar surface area (TPSA) is 117 Å². The average Bonchev–Trinajstić information content (AvgIpc) is 2.63. The molecule has 0 N–H and O–H groups in total. The van der Waals surface area contributed by atoms with Gasteiger partial charge in [-0.3, -0.25) is 5.04 Å². The Bertz CT molecular complexity index is 902. The van der Waals surface area contributed by atoms with Crippen LogP contribution in [0.5, 0.6) is 11.5 Å². The predicted molar refractivity (Wildman–Crippen MR) is 119 cm³/mol. The Morgan fingerprint density at radius 2 is 1.40 bits per heavy atom. The van der Waals surface area contributed by atoms with Crippen LogP contribution >= 0.6 is 57.2 Å². The summed E-state index contributed by atoms with van der Waals surface area (Å²) in [7, 11) is -4.25. The van der Waals surface area contributed by atoms with E-state index in [1.165, 1.54) is 0 Å². The standard InChI is InChI=1S/C16H18I2O8S2.2Na/c17-13-5-4-12-11(15(13)23-7-1-9-27-26-25-19)3-6-14(18)16(12)24-8-2-10-28(20,21)22;;/h3-6,19H,1-2,7-10H2,(H,20,21,22);;/q;2*+1/p-2. The Labute approximate surface area is 251 Å². The van der Waals surface area contributed by atoms with Crippen LogP contribution in [0.4, 0.5) is 0 Å². The molecule has 30 heavy (non-hydrogen) atoms. The number of fused-ring (bicyclic) bond motifs is 1. The van der Waals surface area contributed by atoms with Crippen LogP contribution in [0.2, 0.25) is 0 Å². The van der Waals surface area contributed by atoms with Gasteiger partial charge in [0, 0.05) is 34.3 Å². The van der Waals surface area contributed by atoms with Gasteiger partial charge >= 0.3 is 59.1 Å². The van der Waals surface area contributed by atoms with Crippen molar-refractivity contribution >= 4 is 78.1 Å². The number of hydrogen-bond acceptors (Lipinski definition) is 9. The minimum Gasteiger partial charge on any atom is -0.748 e. The molecule has 0 unspecified atom stereocenters. The summed E-state index contributed by atoms with van der Waals surface area (Å²) in [5.74, 6) is 1.42. The van der Waals surface area contributed by atoms with E-state index in [1.807, 2.05) is 24.3 Å². The number of hydrogen-bond donors (Lipinski definition) is 0. The summed E-state index contributed by atoms with van der Waals surface area (Å²) in [6.07, 6.45) is 0.775. The molecule has 2 aromatic rings. The zero-order valence-corrected chi connectivity index (χ0v) is 26.3. The van der Waals surface area contributed by atoms with Crippen LogP contribution in [0.3, 0.4) is 0 Å². The van der Waals surface area contributed by atoms with Crippen molar-refractivity contribution in [2.75, 3.05) is 24.7 Å². The molecule has 0 radical (unpaired) electrons. The zero-order chi connectivity index (χ0) is 20.6. The van der Waals surface area contributed by atoms with Gasteiger partial charge in [0.2, 0.25) is 0 Å². The Morgan fingerprint density at radius 1 is 0.900 bits per heavy atom. The van der Waals surface area contributed by atoms with Crippen molar-refractivity contribution in [1.29, 1.82) is 0 Å². The SMILES string of the molecule is O=S(=O)([O-])CCCOc1c(I)ccc2c(OCCCSOO[O-])c(I)ccc12.[Na+].[Na+]. The summed E-state index contributed by atoms with van der Waals surface area (Å²) < 4.78 is 49.9. The van der Waals surface area contributed by atoms with E-state index < -0.39 is 15.9 Å². The summed E-state index contributed by atoms with van der Waals surface area (Å²) in [5.41, 5.74) is 0. The Morgan fingerprint density at radius 3 is 1.87 bits per heavy atom. The fraction of sp³-hybridized carbons (Fsp3) is 0.375. The molecular weight excluding hydrogens is 684 g/mol. The van der Waals surface area contributed by atoms with Gasteiger partial charge in [0.15, 0.2) is 0 Å². The Balaban J connectivity index is 0.00000420. The van der Waals surface area contributed by atoms with Gasteiger partial charge in [0.1, 0.15) is 11.5 Å². The molecule has 0 aromatic heterocycles. The average molecular weight is 700 g/mol. The molecule has 0 bridgehead atoms. The second-order valence-electron chi connectivity index (χ2n) is 5.47. The van der Waals surface area contributed by atoms with Gasteiger partial charge < -0.3 is 19.3 Å². The molecule has 8 nitrogen and oxygen atoms in total. The van der Waals surface area contributed by atoms with Gasteiger partial charge in [0.25, 0.3) is 0 Å². The molecule has 2 rings (SSSR count). The fourth-order valence-electron chi connectivity index (χ4n) is 2.35. The van der Waals surface area contributed by atoms with E-state index in [2.05, 4.69) is 54.6 Å². The van der Waals surface area contributed by atoms with E-state index in [0.717, 1.165) is 30.0 Å². The number of benzene rings is 2. The van der Waals surface area contributed by atoms with E-state index >= 15 is 0 Å². The zero-order valence-electron chi connectivity index (χ0n) is 16.4. The number of halogens is 2. The van der Waals surface area contributed by atoms with Crippen LogP contribution in [0.15, 0.2) is 24.3 Å². The second-order valence-corrected chi connectivity index (χ2v) is 10.1. The maximum absolute atomic E-state index is 10.7. The van der Waals surface area contributed by atoms with Gasteiger partial charge in [-0.05, 0) is 82.3 Å². The van der Waals surface area contributed by atoms with E-state index in [0.29, 0.717) is 30.3 Å². The monoisotopic (exact) mass is 700 g/mol. The molecule has 14 heteroatoms. The van der Waals surface area contributed by atoms with Crippen molar-refractivity contribution in [2.45, 2.75) is 12.8 Å². The Kier molecular flexibility index (Phi) is 17.6. The fourth-order valence-corrected chi connectivity index (χ4v) is 4.41. The molecule has 0 heterocycles. The molecule has 0 aliphatic rings. The van der Waals surface area contributed by atoms with Crippen molar-refractivity contribution in [3.8, 4) is 11.5 Å².